The van der Waals surface area contributed by atoms with Crippen LogP contribution in [-0.2, 0) is 4.79 Å². The Kier molecular flexibility index (Phi) is 3.49. The molecule has 1 N–H and O–H groups in total. The van der Waals surface area contributed by atoms with Gasteiger partial charge in [0.25, 0.3) is 0 Å². The summed E-state index contributed by atoms with van der Waals surface area (Å²) in [6.07, 6.45) is 0. The molecule has 2 rings (SSSR count). The Balaban J connectivity index is 2.32. The standard InChI is InChI=1S/C12H16N2O3/c1-16-10-5-9(6-11(7-10)17-2)14-4-3-13-8-12(14)15/h5-7,13H,3-4,8H2,1-2H3. The number of ether oxygens (including phenoxy) is 2. The quantitative estimate of drug-likeness (QED) is 0.836. The van der Waals surface area contributed by atoms with Crippen LogP contribution in [0.5, 0.6) is 11.5 Å². The number of rotatable bonds is 3. The molecule has 1 aliphatic heterocycles. The van der Waals surface area contributed by atoms with E-state index in [9.17, 15) is 4.79 Å². The van der Waals surface area contributed by atoms with Crippen molar-refractivity contribution in [3.05, 3.63) is 18.2 Å². The first-order valence-electron chi connectivity index (χ1n) is 5.49. The van der Waals surface area contributed by atoms with Crippen molar-refractivity contribution in [1.29, 1.82) is 0 Å². The highest BCUT2D eigenvalue weighted by molar-refractivity contribution is 5.95. The van der Waals surface area contributed by atoms with Gasteiger partial charge in [0.1, 0.15) is 11.5 Å². The Labute approximate surface area is 100 Å². The first-order valence-corrected chi connectivity index (χ1v) is 5.49. The molecule has 0 spiro atoms. The van der Waals surface area contributed by atoms with Crippen LogP contribution >= 0.6 is 0 Å². The third-order valence-corrected chi connectivity index (χ3v) is 2.74. The summed E-state index contributed by atoms with van der Waals surface area (Å²) in [5, 5.41) is 3.04. The Bertz CT molecular complexity index is 398. The van der Waals surface area contributed by atoms with Crippen molar-refractivity contribution >= 4 is 11.6 Å². The molecule has 1 aromatic rings. The predicted octanol–water partition coefficient (Wildman–Crippen LogP) is 0.640. The van der Waals surface area contributed by atoms with E-state index in [4.69, 9.17) is 9.47 Å². The maximum absolute atomic E-state index is 11.8. The summed E-state index contributed by atoms with van der Waals surface area (Å²) in [6.45, 7) is 1.83. The molecule has 0 unspecified atom stereocenters. The van der Waals surface area contributed by atoms with Crippen LogP contribution < -0.4 is 19.7 Å². The Morgan fingerprint density at radius 3 is 2.35 bits per heavy atom. The lowest BCUT2D eigenvalue weighted by Gasteiger charge is -2.28. The van der Waals surface area contributed by atoms with Gasteiger partial charge in [-0.3, -0.25) is 4.79 Å². The number of methoxy groups -OCH3 is 2. The molecule has 1 aliphatic rings. The number of hydrogen-bond acceptors (Lipinski definition) is 4. The third-order valence-electron chi connectivity index (χ3n) is 2.74. The van der Waals surface area contributed by atoms with Gasteiger partial charge >= 0.3 is 0 Å². The van der Waals surface area contributed by atoms with E-state index in [0.717, 1.165) is 12.2 Å². The number of nitrogens with zero attached hydrogens (tertiary/aromatic N) is 1. The van der Waals surface area contributed by atoms with Crippen LogP contribution in [-0.4, -0.2) is 39.8 Å². The minimum Gasteiger partial charge on any atom is -0.497 e. The van der Waals surface area contributed by atoms with Crippen LogP contribution in [0, 0.1) is 0 Å². The van der Waals surface area contributed by atoms with Crippen LogP contribution in [0.2, 0.25) is 0 Å². The summed E-state index contributed by atoms with van der Waals surface area (Å²) < 4.78 is 10.4. The molecule has 5 heteroatoms. The van der Waals surface area contributed by atoms with Crippen LogP contribution in [0.25, 0.3) is 0 Å². The number of piperazine rings is 1. The maximum atomic E-state index is 11.8. The maximum Gasteiger partial charge on any atom is 0.240 e. The van der Waals surface area contributed by atoms with E-state index < -0.39 is 0 Å². The van der Waals surface area contributed by atoms with Gasteiger partial charge in [0, 0.05) is 31.3 Å². The van der Waals surface area contributed by atoms with Crippen molar-refractivity contribution in [3.8, 4) is 11.5 Å². The summed E-state index contributed by atoms with van der Waals surface area (Å²) in [6, 6.07) is 5.47. The van der Waals surface area contributed by atoms with E-state index in [1.807, 2.05) is 12.1 Å². The molecule has 0 saturated carbocycles. The second-order valence-electron chi connectivity index (χ2n) is 3.79. The molecule has 1 heterocycles. The third kappa shape index (κ3) is 2.50. The summed E-state index contributed by atoms with van der Waals surface area (Å²) in [5.74, 6) is 1.43. The van der Waals surface area contributed by atoms with E-state index in [0.29, 0.717) is 24.6 Å². The molecule has 0 bridgehead atoms. The van der Waals surface area contributed by atoms with Crippen LogP contribution in [0.3, 0.4) is 0 Å². The average molecular weight is 236 g/mol. The van der Waals surface area contributed by atoms with Crippen molar-refractivity contribution in [2.75, 3.05) is 38.8 Å². The highest BCUT2D eigenvalue weighted by atomic mass is 16.5. The number of hydrogen-bond donors (Lipinski definition) is 1. The molecule has 0 radical (unpaired) electrons. The van der Waals surface area contributed by atoms with Gasteiger partial charge in [0.05, 0.1) is 26.5 Å². The zero-order chi connectivity index (χ0) is 12.3. The second kappa shape index (κ2) is 5.05. The van der Waals surface area contributed by atoms with Crippen LogP contribution in [0.4, 0.5) is 5.69 Å². The highest BCUT2D eigenvalue weighted by Crippen LogP contribution is 2.28. The first kappa shape index (κ1) is 11.7. The fourth-order valence-corrected chi connectivity index (χ4v) is 1.83. The van der Waals surface area contributed by atoms with Crippen molar-refractivity contribution < 1.29 is 14.3 Å². The van der Waals surface area contributed by atoms with E-state index in [-0.39, 0.29) is 5.91 Å². The number of carbonyl (C=O) groups is 1. The van der Waals surface area contributed by atoms with Crippen molar-refractivity contribution in [2.45, 2.75) is 0 Å². The molecular formula is C12H16N2O3. The molecule has 1 saturated heterocycles. The Hall–Kier alpha value is -1.75. The normalized spacial score (nSPS) is 15.9. The van der Waals surface area contributed by atoms with E-state index >= 15 is 0 Å². The van der Waals surface area contributed by atoms with E-state index in [2.05, 4.69) is 5.32 Å². The molecule has 0 aromatic heterocycles. The average Bonchev–Trinajstić information content (AvgIpc) is 2.38. The largest absolute Gasteiger partial charge is 0.497 e. The van der Waals surface area contributed by atoms with Gasteiger partial charge in [0.2, 0.25) is 5.91 Å². The van der Waals surface area contributed by atoms with Crippen molar-refractivity contribution in [1.82, 2.24) is 5.32 Å². The zero-order valence-electron chi connectivity index (χ0n) is 10.0. The molecule has 0 atom stereocenters. The van der Waals surface area contributed by atoms with Crippen molar-refractivity contribution in [3.63, 3.8) is 0 Å². The van der Waals surface area contributed by atoms with Gasteiger partial charge in [-0.2, -0.15) is 0 Å². The summed E-state index contributed by atoms with van der Waals surface area (Å²) >= 11 is 0. The fourth-order valence-electron chi connectivity index (χ4n) is 1.83. The molecule has 5 nitrogen and oxygen atoms in total. The zero-order valence-corrected chi connectivity index (χ0v) is 10.0. The van der Waals surface area contributed by atoms with Gasteiger partial charge in [-0.05, 0) is 0 Å². The van der Waals surface area contributed by atoms with Gasteiger partial charge in [-0.15, -0.1) is 0 Å². The molecule has 1 amide bonds. The van der Waals surface area contributed by atoms with Gasteiger partial charge in [0.15, 0.2) is 0 Å². The summed E-state index contributed by atoms with van der Waals surface area (Å²) in [5.41, 5.74) is 0.813. The lowest BCUT2D eigenvalue weighted by Crippen LogP contribution is -2.48. The van der Waals surface area contributed by atoms with Gasteiger partial charge in [-0.25, -0.2) is 0 Å². The lowest BCUT2D eigenvalue weighted by atomic mass is 10.2. The number of nitrogens with one attached hydrogen (secondary N) is 1. The first-order chi connectivity index (χ1) is 8.24. The molecular weight excluding hydrogens is 220 g/mol. The number of anilines is 1. The van der Waals surface area contributed by atoms with E-state index in [1.54, 1.807) is 25.2 Å². The lowest BCUT2D eigenvalue weighted by molar-refractivity contribution is -0.118. The number of carbonyl (C=O) groups excluding carboxylic acids is 1. The van der Waals surface area contributed by atoms with Crippen LogP contribution in [0.15, 0.2) is 18.2 Å². The predicted molar refractivity (Wildman–Crippen MR) is 64.8 cm³/mol. The highest BCUT2D eigenvalue weighted by Gasteiger charge is 2.20. The number of benzene rings is 1. The monoisotopic (exact) mass is 236 g/mol. The minimum atomic E-state index is 0.0616. The molecule has 1 fully saturated rings. The van der Waals surface area contributed by atoms with Crippen molar-refractivity contribution in [2.24, 2.45) is 0 Å². The second-order valence-corrected chi connectivity index (χ2v) is 3.79. The van der Waals surface area contributed by atoms with Gasteiger partial charge in [-0.1, -0.05) is 0 Å². The summed E-state index contributed by atoms with van der Waals surface area (Å²) in [7, 11) is 3.19. The number of amides is 1. The smallest absolute Gasteiger partial charge is 0.240 e. The molecule has 17 heavy (non-hydrogen) atoms. The Morgan fingerprint density at radius 2 is 1.82 bits per heavy atom. The van der Waals surface area contributed by atoms with Crippen LogP contribution in [0.1, 0.15) is 0 Å². The van der Waals surface area contributed by atoms with Gasteiger partial charge < -0.3 is 19.7 Å². The fraction of sp³-hybridized carbons (Fsp3) is 0.417. The summed E-state index contributed by atoms with van der Waals surface area (Å²) in [4.78, 5) is 13.5. The Morgan fingerprint density at radius 1 is 1.18 bits per heavy atom. The topological polar surface area (TPSA) is 50.8 Å². The molecule has 92 valence electrons. The minimum absolute atomic E-state index is 0.0616. The SMILES string of the molecule is COc1cc(OC)cc(N2CCNCC2=O)c1. The molecule has 0 aliphatic carbocycles. The molecule has 1 aromatic carbocycles. The van der Waals surface area contributed by atoms with E-state index in [1.165, 1.54) is 0 Å².